The number of nitrogens with zero attached hydrogens (tertiary/aromatic N) is 1. The van der Waals surface area contributed by atoms with E-state index < -0.39 is 0 Å². The van der Waals surface area contributed by atoms with Crippen LogP contribution in [0, 0.1) is 0 Å². The Bertz CT molecular complexity index is 168. The lowest BCUT2D eigenvalue weighted by atomic mass is 10.1. The fourth-order valence-corrected chi connectivity index (χ4v) is 2.08. The van der Waals surface area contributed by atoms with E-state index in [1.54, 1.807) is 7.11 Å². The molecule has 0 amide bonds. The second-order valence-corrected chi connectivity index (χ2v) is 4.60. The van der Waals surface area contributed by atoms with Crippen molar-refractivity contribution in [2.75, 3.05) is 47.0 Å². The van der Waals surface area contributed by atoms with Crippen LogP contribution < -0.4 is 5.32 Å². The van der Waals surface area contributed by atoms with Crippen LogP contribution in [0.15, 0.2) is 0 Å². The SMILES string of the molecule is CCCC(COC)NCC1CN(C)CCO1. The van der Waals surface area contributed by atoms with Gasteiger partial charge in [-0.25, -0.2) is 0 Å². The van der Waals surface area contributed by atoms with Crippen molar-refractivity contribution in [3.63, 3.8) is 0 Å². The van der Waals surface area contributed by atoms with Crippen LogP contribution in [0.5, 0.6) is 0 Å². The molecule has 1 saturated heterocycles. The third-order valence-electron chi connectivity index (χ3n) is 2.98. The van der Waals surface area contributed by atoms with Gasteiger partial charge in [-0.3, -0.25) is 0 Å². The number of hydrogen-bond donors (Lipinski definition) is 1. The first-order valence-corrected chi connectivity index (χ1v) is 6.28. The summed E-state index contributed by atoms with van der Waals surface area (Å²) in [7, 11) is 3.91. The number of rotatable bonds is 7. The molecule has 4 nitrogen and oxygen atoms in total. The van der Waals surface area contributed by atoms with Crippen LogP contribution in [0.2, 0.25) is 0 Å². The van der Waals surface area contributed by atoms with Gasteiger partial charge in [-0.05, 0) is 13.5 Å². The second-order valence-electron chi connectivity index (χ2n) is 4.60. The second kappa shape index (κ2) is 8.01. The smallest absolute Gasteiger partial charge is 0.0826 e. The van der Waals surface area contributed by atoms with Crippen molar-refractivity contribution in [2.24, 2.45) is 0 Å². The Morgan fingerprint density at radius 3 is 3.00 bits per heavy atom. The van der Waals surface area contributed by atoms with E-state index in [-0.39, 0.29) is 0 Å². The molecule has 0 saturated carbocycles. The van der Waals surface area contributed by atoms with Crippen LogP contribution >= 0.6 is 0 Å². The van der Waals surface area contributed by atoms with Crippen LogP contribution in [0.1, 0.15) is 19.8 Å². The summed E-state index contributed by atoms with van der Waals surface area (Å²) in [6.45, 7) is 6.85. The molecule has 4 heteroatoms. The number of likely N-dealkylation sites (N-methyl/N-ethyl adjacent to an activating group) is 1. The highest BCUT2D eigenvalue weighted by molar-refractivity contribution is 4.74. The average Bonchev–Trinajstić information content (AvgIpc) is 2.27. The molecule has 1 aliphatic rings. The molecule has 0 aliphatic carbocycles. The van der Waals surface area contributed by atoms with E-state index in [4.69, 9.17) is 9.47 Å². The van der Waals surface area contributed by atoms with Crippen LogP contribution in [-0.4, -0.2) is 64.1 Å². The van der Waals surface area contributed by atoms with Gasteiger partial charge in [0, 0.05) is 32.8 Å². The molecule has 96 valence electrons. The lowest BCUT2D eigenvalue weighted by molar-refractivity contribution is -0.0205. The number of methoxy groups -OCH3 is 1. The van der Waals surface area contributed by atoms with Gasteiger partial charge in [-0.2, -0.15) is 0 Å². The lowest BCUT2D eigenvalue weighted by Crippen LogP contribution is -2.47. The van der Waals surface area contributed by atoms with Gasteiger partial charge in [0.05, 0.1) is 19.3 Å². The zero-order valence-corrected chi connectivity index (χ0v) is 10.9. The largest absolute Gasteiger partial charge is 0.383 e. The van der Waals surface area contributed by atoms with Crippen molar-refractivity contribution in [3.8, 4) is 0 Å². The summed E-state index contributed by atoms with van der Waals surface area (Å²) in [5.41, 5.74) is 0. The maximum atomic E-state index is 5.71. The van der Waals surface area contributed by atoms with E-state index >= 15 is 0 Å². The van der Waals surface area contributed by atoms with Crippen LogP contribution in [-0.2, 0) is 9.47 Å². The summed E-state index contributed by atoms with van der Waals surface area (Å²) >= 11 is 0. The number of ether oxygens (including phenoxy) is 2. The molecule has 1 aliphatic heterocycles. The summed E-state index contributed by atoms with van der Waals surface area (Å²) in [6, 6.07) is 0.464. The molecule has 1 N–H and O–H groups in total. The first-order chi connectivity index (χ1) is 7.76. The van der Waals surface area contributed by atoms with Gasteiger partial charge >= 0.3 is 0 Å². The van der Waals surface area contributed by atoms with Crippen molar-refractivity contribution in [1.82, 2.24) is 10.2 Å². The van der Waals surface area contributed by atoms with E-state index in [0.29, 0.717) is 12.1 Å². The molecule has 16 heavy (non-hydrogen) atoms. The molecule has 2 atom stereocenters. The third kappa shape index (κ3) is 5.25. The molecule has 0 bridgehead atoms. The van der Waals surface area contributed by atoms with Crippen molar-refractivity contribution in [3.05, 3.63) is 0 Å². The van der Waals surface area contributed by atoms with Gasteiger partial charge in [-0.1, -0.05) is 13.3 Å². The molecule has 0 aromatic carbocycles. The summed E-state index contributed by atoms with van der Waals surface area (Å²) in [5.74, 6) is 0. The van der Waals surface area contributed by atoms with Gasteiger partial charge in [-0.15, -0.1) is 0 Å². The zero-order valence-electron chi connectivity index (χ0n) is 10.9. The van der Waals surface area contributed by atoms with Gasteiger partial charge in [0.15, 0.2) is 0 Å². The standard InChI is InChI=1S/C12H26N2O2/c1-4-5-11(10-15-3)13-8-12-9-14(2)6-7-16-12/h11-13H,4-10H2,1-3H3. The quantitative estimate of drug-likeness (QED) is 0.699. The van der Waals surface area contributed by atoms with Crippen molar-refractivity contribution in [1.29, 1.82) is 0 Å². The Balaban J connectivity index is 2.19. The van der Waals surface area contributed by atoms with E-state index in [1.807, 2.05) is 0 Å². The molecule has 0 aromatic rings. The molecule has 1 fully saturated rings. The minimum atomic E-state index is 0.329. The van der Waals surface area contributed by atoms with Gasteiger partial charge in [0.2, 0.25) is 0 Å². The maximum Gasteiger partial charge on any atom is 0.0826 e. The van der Waals surface area contributed by atoms with Crippen molar-refractivity contribution >= 4 is 0 Å². The molecule has 0 spiro atoms. The van der Waals surface area contributed by atoms with Gasteiger partial charge < -0.3 is 19.7 Å². The monoisotopic (exact) mass is 230 g/mol. The Hall–Kier alpha value is -0.160. The van der Waals surface area contributed by atoms with Crippen molar-refractivity contribution in [2.45, 2.75) is 31.9 Å². The van der Waals surface area contributed by atoms with E-state index in [9.17, 15) is 0 Å². The van der Waals surface area contributed by atoms with Crippen LogP contribution in [0.3, 0.4) is 0 Å². The minimum Gasteiger partial charge on any atom is -0.383 e. The van der Waals surface area contributed by atoms with E-state index in [1.165, 1.54) is 6.42 Å². The topological polar surface area (TPSA) is 33.7 Å². The predicted octanol–water partition coefficient (Wildman–Crippen LogP) is 0.722. The predicted molar refractivity (Wildman–Crippen MR) is 65.8 cm³/mol. The normalized spacial score (nSPS) is 24.6. The highest BCUT2D eigenvalue weighted by Crippen LogP contribution is 2.03. The van der Waals surface area contributed by atoms with E-state index in [0.717, 1.165) is 39.3 Å². The number of nitrogens with one attached hydrogen (secondary N) is 1. The van der Waals surface area contributed by atoms with Crippen LogP contribution in [0.4, 0.5) is 0 Å². The molecule has 1 heterocycles. The fourth-order valence-electron chi connectivity index (χ4n) is 2.08. The summed E-state index contributed by atoms with van der Waals surface area (Å²) in [5, 5.41) is 3.54. The summed E-state index contributed by atoms with van der Waals surface area (Å²) < 4.78 is 10.9. The Kier molecular flexibility index (Phi) is 6.96. The van der Waals surface area contributed by atoms with Gasteiger partial charge in [0.1, 0.15) is 0 Å². The highest BCUT2D eigenvalue weighted by Gasteiger charge is 2.18. The van der Waals surface area contributed by atoms with Crippen molar-refractivity contribution < 1.29 is 9.47 Å². The van der Waals surface area contributed by atoms with Crippen LogP contribution in [0.25, 0.3) is 0 Å². The number of hydrogen-bond acceptors (Lipinski definition) is 4. The average molecular weight is 230 g/mol. The van der Waals surface area contributed by atoms with E-state index in [2.05, 4.69) is 24.2 Å². The molecular weight excluding hydrogens is 204 g/mol. The minimum absolute atomic E-state index is 0.329. The zero-order chi connectivity index (χ0) is 11.8. The molecule has 0 aromatic heterocycles. The summed E-state index contributed by atoms with van der Waals surface area (Å²) in [4.78, 5) is 2.32. The fraction of sp³-hybridized carbons (Fsp3) is 1.00. The molecular formula is C12H26N2O2. The Morgan fingerprint density at radius 2 is 2.38 bits per heavy atom. The number of morpholine rings is 1. The molecule has 0 radical (unpaired) electrons. The third-order valence-corrected chi connectivity index (χ3v) is 2.98. The first-order valence-electron chi connectivity index (χ1n) is 6.28. The Labute approximate surface area is 99.3 Å². The first kappa shape index (κ1) is 13.9. The highest BCUT2D eigenvalue weighted by atomic mass is 16.5. The Morgan fingerprint density at radius 1 is 1.56 bits per heavy atom. The summed E-state index contributed by atoms with van der Waals surface area (Å²) in [6.07, 6.45) is 2.68. The maximum absolute atomic E-state index is 5.71. The molecule has 2 unspecified atom stereocenters. The molecule has 1 rings (SSSR count). The van der Waals surface area contributed by atoms with Gasteiger partial charge in [0.25, 0.3) is 0 Å². The lowest BCUT2D eigenvalue weighted by Gasteiger charge is -2.31.